The van der Waals surface area contributed by atoms with E-state index in [1.807, 2.05) is 24.3 Å². The van der Waals surface area contributed by atoms with E-state index >= 15 is 0 Å². The van der Waals surface area contributed by atoms with Crippen molar-refractivity contribution in [2.75, 3.05) is 5.75 Å². The van der Waals surface area contributed by atoms with E-state index in [1.165, 1.54) is 31.0 Å². The van der Waals surface area contributed by atoms with Crippen LogP contribution >= 0.6 is 23.4 Å². The maximum atomic E-state index is 12.0. The van der Waals surface area contributed by atoms with Crippen LogP contribution in [-0.2, 0) is 4.79 Å². The molecule has 1 heterocycles. The van der Waals surface area contributed by atoms with Crippen LogP contribution in [0, 0.1) is 0 Å². The Morgan fingerprint density at radius 3 is 2.74 bits per heavy atom. The Labute approximate surface area is 145 Å². The molecule has 1 aliphatic rings. The molecule has 0 atom stereocenters. The Kier molecular flexibility index (Phi) is 5.62. The van der Waals surface area contributed by atoms with Gasteiger partial charge in [-0.25, -0.2) is 4.98 Å². The lowest BCUT2D eigenvalue weighted by Gasteiger charge is -2.22. The van der Waals surface area contributed by atoms with E-state index < -0.39 is 0 Å². The van der Waals surface area contributed by atoms with Crippen molar-refractivity contribution in [3.8, 4) is 11.3 Å². The van der Waals surface area contributed by atoms with Gasteiger partial charge in [0.1, 0.15) is 0 Å². The van der Waals surface area contributed by atoms with Gasteiger partial charge in [0.2, 0.25) is 5.91 Å². The van der Waals surface area contributed by atoms with Gasteiger partial charge in [0.15, 0.2) is 5.16 Å². The highest BCUT2D eigenvalue weighted by molar-refractivity contribution is 7.99. The van der Waals surface area contributed by atoms with Crippen molar-refractivity contribution < 1.29 is 4.79 Å². The highest BCUT2D eigenvalue weighted by Crippen LogP contribution is 2.23. The average Bonchev–Trinajstić information content (AvgIpc) is 3.04. The molecule has 0 spiro atoms. The van der Waals surface area contributed by atoms with Gasteiger partial charge in [-0.15, -0.1) is 0 Å². The number of carbonyl (C=O) groups excluding carboxylic acids is 1. The van der Waals surface area contributed by atoms with Crippen LogP contribution in [0.3, 0.4) is 0 Å². The van der Waals surface area contributed by atoms with Crippen molar-refractivity contribution in [3.63, 3.8) is 0 Å². The Hall–Kier alpha value is -1.46. The molecule has 3 rings (SSSR count). The molecule has 6 heteroatoms. The maximum Gasteiger partial charge on any atom is 0.230 e. The van der Waals surface area contributed by atoms with Crippen LogP contribution in [0.5, 0.6) is 0 Å². The minimum absolute atomic E-state index is 0.0892. The summed E-state index contributed by atoms with van der Waals surface area (Å²) in [6.07, 6.45) is 7.74. The number of carbonyl (C=O) groups is 1. The summed E-state index contributed by atoms with van der Waals surface area (Å²) in [5, 5.41) is 4.59. The van der Waals surface area contributed by atoms with Gasteiger partial charge >= 0.3 is 0 Å². The SMILES string of the molecule is O=C(CSc1ncc(-c2ccc(Cl)cc2)[nH]1)NC1CCCCC1. The van der Waals surface area contributed by atoms with E-state index in [0.29, 0.717) is 16.8 Å². The number of rotatable bonds is 5. The molecule has 0 saturated heterocycles. The molecule has 0 unspecified atom stereocenters. The number of aromatic amines is 1. The van der Waals surface area contributed by atoms with E-state index in [4.69, 9.17) is 11.6 Å². The summed E-state index contributed by atoms with van der Waals surface area (Å²) < 4.78 is 0. The summed E-state index contributed by atoms with van der Waals surface area (Å²) in [5.74, 6) is 0.482. The summed E-state index contributed by atoms with van der Waals surface area (Å²) in [7, 11) is 0. The maximum absolute atomic E-state index is 12.0. The number of imidazole rings is 1. The molecule has 0 radical (unpaired) electrons. The van der Waals surface area contributed by atoms with E-state index in [1.54, 1.807) is 6.20 Å². The zero-order valence-corrected chi connectivity index (χ0v) is 14.4. The summed E-state index contributed by atoms with van der Waals surface area (Å²) in [4.78, 5) is 19.6. The van der Waals surface area contributed by atoms with Crippen molar-refractivity contribution >= 4 is 29.3 Å². The second-order valence-electron chi connectivity index (χ2n) is 5.80. The van der Waals surface area contributed by atoms with Crippen molar-refractivity contribution in [1.82, 2.24) is 15.3 Å². The lowest BCUT2D eigenvalue weighted by Crippen LogP contribution is -2.37. The molecular weight excluding hydrogens is 330 g/mol. The standard InChI is InChI=1S/C17H20ClN3OS/c18-13-8-6-12(7-9-13)15-10-19-17(21-15)23-11-16(22)20-14-4-2-1-3-5-14/h6-10,14H,1-5,11H2,(H,19,21)(H,20,22). The highest BCUT2D eigenvalue weighted by atomic mass is 35.5. The van der Waals surface area contributed by atoms with Gasteiger partial charge in [0, 0.05) is 11.1 Å². The van der Waals surface area contributed by atoms with Gasteiger partial charge in [-0.05, 0) is 30.5 Å². The lowest BCUT2D eigenvalue weighted by molar-refractivity contribution is -0.119. The Balaban J connectivity index is 1.50. The van der Waals surface area contributed by atoms with Crippen molar-refractivity contribution in [1.29, 1.82) is 0 Å². The first-order valence-corrected chi connectivity index (χ1v) is 9.30. The van der Waals surface area contributed by atoms with E-state index in [9.17, 15) is 4.79 Å². The molecule has 23 heavy (non-hydrogen) atoms. The third-order valence-electron chi connectivity index (χ3n) is 4.02. The Morgan fingerprint density at radius 1 is 1.26 bits per heavy atom. The number of amides is 1. The number of H-pyrrole nitrogens is 1. The van der Waals surface area contributed by atoms with Gasteiger partial charge in [0.25, 0.3) is 0 Å². The minimum atomic E-state index is 0.0892. The number of hydrogen-bond donors (Lipinski definition) is 2. The zero-order chi connectivity index (χ0) is 16.1. The molecular formula is C17H20ClN3OS. The number of benzene rings is 1. The van der Waals surface area contributed by atoms with E-state index in [2.05, 4.69) is 15.3 Å². The van der Waals surface area contributed by atoms with Gasteiger partial charge in [-0.3, -0.25) is 4.79 Å². The van der Waals surface area contributed by atoms with E-state index in [-0.39, 0.29) is 5.91 Å². The molecule has 1 amide bonds. The second kappa shape index (κ2) is 7.88. The van der Waals surface area contributed by atoms with Crippen LogP contribution < -0.4 is 5.32 Å². The Morgan fingerprint density at radius 2 is 2.00 bits per heavy atom. The summed E-state index contributed by atoms with van der Waals surface area (Å²) in [6.45, 7) is 0. The van der Waals surface area contributed by atoms with Crippen LogP contribution in [0.15, 0.2) is 35.6 Å². The van der Waals surface area contributed by atoms with Crippen LogP contribution in [0.4, 0.5) is 0 Å². The first-order chi connectivity index (χ1) is 11.2. The third-order valence-corrected chi connectivity index (χ3v) is 5.16. The summed E-state index contributed by atoms with van der Waals surface area (Å²) in [6, 6.07) is 7.95. The van der Waals surface area contributed by atoms with Crippen LogP contribution in [-0.4, -0.2) is 27.7 Å². The summed E-state index contributed by atoms with van der Waals surface area (Å²) >= 11 is 7.33. The van der Waals surface area contributed by atoms with Crippen molar-refractivity contribution in [2.24, 2.45) is 0 Å². The number of nitrogens with one attached hydrogen (secondary N) is 2. The fourth-order valence-electron chi connectivity index (χ4n) is 2.80. The molecule has 122 valence electrons. The third kappa shape index (κ3) is 4.75. The molecule has 0 aliphatic heterocycles. The fourth-order valence-corrected chi connectivity index (χ4v) is 3.59. The molecule has 0 bridgehead atoms. The predicted octanol–water partition coefficient (Wildman–Crippen LogP) is 4.27. The van der Waals surface area contributed by atoms with Gasteiger partial charge in [0.05, 0.1) is 17.6 Å². The van der Waals surface area contributed by atoms with Crippen LogP contribution in [0.25, 0.3) is 11.3 Å². The van der Waals surface area contributed by atoms with Gasteiger partial charge < -0.3 is 10.3 Å². The molecule has 1 fully saturated rings. The highest BCUT2D eigenvalue weighted by Gasteiger charge is 2.16. The first kappa shape index (κ1) is 16.4. The first-order valence-electron chi connectivity index (χ1n) is 7.94. The minimum Gasteiger partial charge on any atom is -0.353 e. The smallest absolute Gasteiger partial charge is 0.230 e. The van der Waals surface area contributed by atoms with Crippen LogP contribution in [0.1, 0.15) is 32.1 Å². The topological polar surface area (TPSA) is 57.8 Å². The Bertz CT molecular complexity index is 650. The summed E-state index contributed by atoms with van der Waals surface area (Å²) in [5.41, 5.74) is 1.96. The largest absolute Gasteiger partial charge is 0.353 e. The zero-order valence-electron chi connectivity index (χ0n) is 12.8. The number of hydrogen-bond acceptors (Lipinski definition) is 3. The normalized spacial score (nSPS) is 15.5. The van der Waals surface area contributed by atoms with Crippen molar-refractivity contribution in [3.05, 3.63) is 35.5 Å². The number of aromatic nitrogens is 2. The average molecular weight is 350 g/mol. The quantitative estimate of drug-likeness (QED) is 0.792. The number of thioether (sulfide) groups is 1. The molecule has 1 saturated carbocycles. The monoisotopic (exact) mass is 349 g/mol. The predicted molar refractivity (Wildman–Crippen MR) is 94.8 cm³/mol. The molecule has 1 aromatic carbocycles. The van der Waals surface area contributed by atoms with Crippen LogP contribution in [0.2, 0.25) is 5.02 Å². The van der Waals surface area contributed by atoms with Gasteiger partial charge in [-0.2, -0.15) is 0 Å². The number of nitrogens with zero attached hydrogens (tertiary/aromatic N) is 1. The van der Waals surface area contributed by atoms with Gasteiger partial charge in [-0.1, -0.05) is 54.8 Å². The molecule has 1 aliphatic carbocycles. The van der Waals surface area contributed by atoms with E-state index in [0.717, 1.165) is 29.3 Å². The fraction of sp³-hybridized carbons (Fsp3) is 0.412. The molecule has 2 aromatic rings. The molecule has 2 N–H and O–H groups in total. The second-order valence-corrected chi connectivity index (χ2v) is 7.20. The number of halogens is 1. The van der Waals surface area contributed by atoms with Crippen molar-refractivity contribution in [2.45, 2.75) is 43.3 Å². The lowest BCUT2D eigenvalue weighted by atomic mass is 9.95. The molecule has 1 aromatic heterocycles. The molecule has 4 nitrogen and oxygen atoms in total.